The lowest BCUT2D eigenvalue weighted by Gasteiger charge is -2.29. The molecule has 9 heteroatoms. The van der Waals surface area contributed by atoms with Crippen molar-refractivity contribution in [2.75, 3.05) is 13.1 Å². The fraction of sp³-hybridized carbons (Fsp3) is 0.652. The minimum Gasteiger partial charge on any atom is -0.480 e. The van der Waals surface area contributed by atoms with Gasteiger partial charge in [0.2, 0.25) is 10.0 Å². The molecule has 1 aromatic rings. The number of ether oxygens (including phenoxy) is 1. The van der Waals surface area contributed by atoms with Gasteiger partial charge in [-0.15, -0.1) is 0 Å². The van der Waals surface area contributed by atoms with E-state index in [-0.39, 0.29) is 28.2 Å². The fourth-order valence-corrected chi connectivity index (χ4v) is 7.19. The van der Waals surface area contributed by atoms with E-state index in [4.69, 9.17) is 10.5 Å². The van der Waals surface area contributed by atoms with Crippen molar-refractivity contribution in [1.82, 2.24) is 9.62 Å². The number of fused-ring (bicyclic) bond motifs is 2. The molecule has 176 valence electrons. The molecule has 2 aliphatic carbocycles. The smallest absolute Gasteiger partial charge is 0.260 e. The summed E-state index contributed by atoms with van der Waals surface area (Å²) in [6, 6.07) is 4.12. The molecule has 5 unspecified atom stereocenters. The maximum Gasteiger partial charge on any atom is 0.260 e. The first-order chi connectivity index (χ1) is 15.2. The second kappa shape index (κ2) is 9.02. The minimum atomic E-state index is -3.70. The maximum absolute atomic E-state index is 12.8. The number of rotatable bonds is 8. The Morgan fingerprint density at radius 1 is 1.16 bits per heavy atom. The Balaban J connectivity index is 1.44. The van der Waals surface area contributed by atoms with Crippen molar-refractivity contribution in [2.45, 2.75) is 69.4 Å². The molecule has 1 aromatic carbocycles. The van der Waals surface area contributed by atoms with Gasteiger partial charge < -0.3 is 15.8 Å². The van der Waals surface area contributed by atoms with Crippen LogP contribution in [0.15, 0.2) is 23.1 Å². The lowest BCUT2D eigenvalue weighted by Crippen LogP contribution is -2.45. The van der Waals surface area contributed by atoms with Crippen LogP contribution < -0.4 is 15.8 Å². The summed E-state index contributed by atoms with van der Waals surface area (Å²) in [6.07, 6.45) is 5.77. The lowest BCUT2D eigenvalue weighted by molar-refractivity contribution is -0.128. The maximum atomic E-state index is 12.8. The van der Waals surface area contributed by atoms with E-state index in [1.165, 1.54) is 48.2 Å². The number of primary amides is 1. The molecule has 1 heterocycles. The zero-order valence-electron chi connectivity index (χ0n) is 18.7. The van der Waals surface area contributed by atoms with E-state index < -0.39 is 22.0 Å². The van der Waals surface area contributed by atoms with Crippen LogP contribution in [0.4, 0.5) is 0 Å². The molecule has 8 nitrogen and oxygen atoms in total. The summed E-state index contributed by atoms with van der Waals surface area (Å²) in [7, 11) is -3.70. The van der Waals surface area contributed by atoms with Crippen LogP contribution in [-0.2, 0) is 14.8 Å². The van der Waals surface area contributed by atoms with Gasteiger partial charge >= 0.3 is 0 Å². The molecule has 5 atom stereocenters. The lowest BCUT2D eigenvalue weighted by atomic mass is 9.84. The van der Waals surface area contributed by atoms with Crippen molar-refractivity contribution < 1.29 is 22.7 Å². The van der Waals surface area contributed by atoms with Crippen molar-refractivity contribution in [1.29, 1.82) is 0 Å². The first-order valence-corrected chi connectivity index (χ1v) is 13.0. The highest BCUT2D eigenvalue weighted by atomic mass is 32.2. The molecular formula is C23H33N3O5S. The summed E-state index contributed by atoms with van der Waals surface area (Å²) in [5, 5.41) is 3.07. The van der Waals surface area contributed by atoms with Crippen molar-refractivity contribution in [3.63, 3.8) is 0 Å². The van der Waals surface area contributed by atoms with Gasteiger partial charge in [0.05, 0.1) is 10.5 Å². The van der Waals surface area contributed by atoms with E-state index in [9.17, 15) is 18.0 Å². The van der Waals surface area contributed by atoms with Crippen molar-refractivity contribution >= 4 is 21.8 Å². The molecular weight excluding hydrogens is 430 g/mol. The third-order valence-electron chi connectivity index (χ3n) is 7.40. The Morgan fingerprint density at radius 2 is 1.88 bits per heavy atom. The summed E-state index contributed by atoms with van der Waals surface area (Å²) in [5.74, 6) is 1.03. The zero-order chi connectivity index (χ0) is 23.0. The summed E-state index contributed by atoms with van der Waals surface area (Å²) < 4.78 is 32.8. The average molecular weight is 464 g/mol. The number of carbonyl (C=O) groups is 2. The SMILES string of the molecule is CC(Oc1ccc(S(=O)(=O)N2CCCC2)cc1C(N)=O)C(=O)NC(C)C1CC2CCC1C2. The molecule has 3 aliphatic rings. The predicted octanol–water partition coefficient (Wildman–Crippen LogP) is 2.28. The molecule has 1 saturated heterocycles. The molecule has 32 heavy (non-hydrogen) atoms. The number of carbonyl (C=O) groups excluding carboxylic acids is 2. The monoisotopic (exact) mass is 463 g/mol. The van der Waals surface area contributed by atoms with Crippen molar-refractivity contribution in [3.8, 4) is 5.75 Å². The molecule has 3 fully saturated rings. The number of amides is 2. The van der Waals surface area contributed by atoms with Crippen LogP contribution in [0, 0.1) is 17.8 Å². The van der Waals surface area contributed by atoms with E-state index in [1.807, 2.05) is 6.92 Å². The number of nitrogens with two attached hydrogens (primary N) is 1. The topological polar surface area (TPSA) is 119 Å². The summed E-state index contributed by atoms with van der Waals surface area (Å²) in [6.45, 7) is 4.58. The number of hydrogen-bond donors (Lipinski definition) is 2. The number of sulfonamides is 1. The van der Waals surface area contributed by atoms with E-state index in [1.54, 1.807) is 6.92 Å². The molecule has 2 saturated carbocycles. The predicted molar refractivity (Wildman–Crippen MR) is 120 cm³/mol. The largest absolute Gasteiger partial charge is 0.480 e. The highest BCUT2D eigenvalue weighted by Gasteiger charge is 2.42. The first-order valence-electron chi connectivity index (χ1n) is 11.6. The highest BCUT2D eigenvalue weighted by molar-refractivity contribution is 7.89. The molecule has 3 N–H and O–H groups in total. The molecule has 1 aliphatic heterocycles. The van der Waals surface area contributed by atoms with E-state index in [0.717, 1.165) is 18.8 Å². The molecule has 2 bridgehead atoms. The quantitative estimate of drug-likeness (QED) is 0.613. The Labute approximate surface area is 189 Å². The Hall–Kier alpha value is -2.13. The Morgan fingerprint density at radius 3 is 2.47 bits per heavy atom. The highest BCUT2D eigenvalue weighted by Crippen LogP contribution is 2.49. The normalized spacial score (nSPS) is 27.2. The second-order valence-corrected chi connectivity index (χ2v) is 11.5. The molecule has 4 rings (SSSR count). The summed E-state index contributed by atoms with van der Waals surface area (Å²) in [4.78, 5) is 24.8. The second-order valence-electron chi connectivity index (χ2n) is 9.53. The zero-order valence-corrected chi connectivity index (χ0v) is 19.6. The van der Waals surface area contributed by atoms with Crippen molar-refractivity contribution in [2.24, 2.45) is 23.5 Å². The van der Waals surface area contributed by atoms with Crippen LogP contribution in [0.5, 0.6) is 5.75 Å². The number of nitrogens with one attached hydrogen (secondary N) is 1. The van der Waals surface area contributed by atoms with Gasteiger partial charge in [0.15, 0.2) is 6.10 Å². The molecule has 0 aromatic heterocycles. The van der Waals surface area contributed by atoms with Crippen molar-refractivity contribution in [3.05, 3.63) is 23.8 Å². The van der Waals surface area contributed by atoms with Crippen LogP contribution in [0.1, 0.15) is 62.7 Å². The fourth-order valence-electron chi connectivity index (χ4n) is 5.64. The standard InChI is InChI=1S/C23H33N3O5S/c1-14(19-12-16-5-6-17(19)11-16)25-23(28)15(2)31-21-8-7-18(13-20(21)22(24)27)32(29,30)26-9-3-4-10-26/h7-8,13-17,19H,3-6,9-12H2,1-2H3,(H2,24,27)(H,25,28). The van der Waals surface area contributed by atoms with Gasteiger partial charge in [0.1, 0.15) is 5.75 Å². The van der Waals surface area contributed by atoms with Crippen LogP contribution in [0.25, 0.3) is 0 Å². The molecule has 2 amide bonds. The van der Waals surface area contributed by atoms with E-state index in [2.05, 4.69) is 5.32 Å². The van der Waals surface area contributed by atoms with Crippen LogP contribution in [-0.4, -0.2) is 49.8 Å². The van der Waals surface area contributed by atoms with Gasteiger partial charge in [-0.1, -0.05) is 6.42 Å². The average Bonchev–Trinajstić information content (AvgIpc) is 3.51. The van der Waals surface area contributed by atoms with Crippen LogP contribution >= 0.6 is 0 Å². The number of benzene rings is 1. The molecule has 0 spiro atoms. The van der Waals surface area contributed by atoms with Gasteiger partial charge in [-0.2, -0.15) is 4.31 Å². The summed E-state index contributed by atoms with van der Waals surface area (Å²) >= 11 is 0. The van der Waals surface area contributed by atoms with Gasteiger partial charge in [0, 0.05) is 19.1 Å². The number of nitrogens with zero attached hydrogens (tertiary/aromatic N) is 1. The van der Waals surface area contributed by atoms with E-state index >= 15 is 0 Å². The Bertz CT molecular complexity index is 989. The Kier molecular flexibility index (Phi) is 6.49. The van der Waals surface area contributed by atoms with Gasteiger partial charge in [0.25, 0.3) is 11.8 Å². The third-order valence-corrected chi connectivity index (χ3v) is 9.29. The molecule has 0 radical (unpaired) electrons. The van der Waals surface area contributed by atoms with Crippen LogP contribution in [0.3, 0.4) is 0 Å². The van der Waals surface area contributed by atoms with Gasteiger partial charge in [-0.3, -0.25) is 9.59 Å². The van der Waals surface area contributed by atoms with Crippen LogP contribution in [0.2, 0.25) is 0 Å². The minimum absolute atomic E-state index is 0.00237. The van der Waals surface area contributed by atoms with Gasteiger partial charge in [-0.05, 0) is 81.9 Å². The first kappa shape index (κ1) is 23.0. The number of hydrogen-bond acceptors (Lipinski definition) is 5. The van der Waals surface area contributed by atoms with Gasteiger partial charge in [-0.25, -0.2) is 8.42 Å². The van der Waals surface area contributed by atoms with E-state index in [0.29, 0.717) is 24.9 Å². The third kappa shape index (κ3) is 4.50. The summed E-state index contributed by atoms with van der Waals surface area (Å²) in [5.41, 5.74) is 5.45.